The van der Waals surface area contributed by atoms with Gasteiger partial charge in [0.05, 0.1) is 25.3 Å². The van der Waals surface area contributed by atoms with Gasteiger partial charge in [-0.2, -0.15) is 0 Å². The van der Waals surface area contributed by atoms with Crippen LogP contribution < -0.4 is 0 Å². The van der Waals surface area contributed by atoms with Crippen LogP contribution >= 0.6 is 39.5 Å². The number of rotatable bonds is 6. The molecule has 1 aliphatic rings. The minimum absolute atomic E-state index is 0.203. The fourth-order valence-corrected chi connectivity index (χ4v) is 6.67. The largest absolute Gasteiger partial charge is 0.465 e. The molecule has 1 heterocycles. The Kier molecular flexibility index (Phi) is 8.46. The number of carbonyl (C=O) groups is 2. The molecule has 2 aromatic rings. The average Bonchev–Trinajstić information content (AvgIpc) is 2.83. The number of esters is 2. The highest BCUT2D eigenvalue weighted by atomic mass is 79.9. The molecule has 162 valence electrons. The van der Waals surface area contributed by atoms with E-state index in [1.165, 1.54) is 20.6 Å². The molecule has 1 saturated heterocycles. The zero-order chi connectivity index (χ0) is 22.3. The molecule has 3 rings (SSSR count). The standard InChI is InChI=1S/C24H23BrO4S2/c1-28-22(26)18-8-6-17(7-9-18)21(25)5-3-14-24(30-15-4-16-31-24)20-12-10-19(11-13-20)23(27)29-2/h3,5-14H,4,15-16H2,1-2H3/b14-3+,21-5-. The van der Waals surface area contributed by atoms with Crippen molar-refractivity contribution in [3.8, 4) is 0 Å². The van der Waals surface area contributed by atoms with Gasteiger partial charge in [0.25, 0.3) is 0 Å². The smallest absolute Gasteiger partial charge is 0.337 e. The van der Waals surface area contributed by atoms with Gasteiger partial charge in [-0.3, -0.25) is 0 Å². The van der Waals surface area contributed by atoms with Crippen LogP contribution in [0.2, 0.25) is 0 Å². The first-order valence-corrected chi connectivity index (χ1v) is 12.5. The van der Waals surface area contributed by atoms with Crippen LogP contribution in [0.15, 0.2) is 66.8 Å². The molecule has 0 atom stereocenters. The van der Waals surface area contributed by atoms with Crippen molar-refractivity contribution in [2.75, 3.05) is 25.7 Å². The Labute approximate surface area is 199 Å². The van der Waals surface area contributed by atoms with Gasteiger partial charge in [-0.25, -0.2) is 9.59 Å². The minimum Gasteiger partial charge on any atom is -0.465 e. The maximum Gasteiger partial charge on any atom is 0.337 e. The van der Waals surface area contributed by atoms with Gasteiger partial charge in [-0.05, 0) is 59.4 Å². The number of carbonyl (C=O) groups excluding carboxylic acids is 2. The molecule has 1 fully saturated rings. The van der Waals surface area contributed by atoms with Crippen LogP contribution in [0.4, 0.5) is 0 Å². The second-order valence-corrected chi connectivity index (χ2v) is 10.5. The van der Waals surface area contributed by atoms with E-state index in [4.69, 9.17) is 9.47 Å². The van der Waals surface area contributed by atoms with Crippen molar-refractivity contribution in [3.63, 3.8) is 0 Å². The molecular formula is C24H23BrO4S2. The van der Waals surface area contributed by atoms with Crippen molar-refractivity contribution in [2.24, 2.45) is 0 Å². The van der Waals surface area contributed by atoms with Gasteiger partial charge in [-0.1, -0.05) is 52.3 Å². The molecule has 4 nitrogen and oxygen atoms in total. The van der Waals surface area contributed by atoms with Crippen molar-refractivity contribution >= 4 is 55.9 Å². The lowest BCUT2D eigenvalue weighted by Gasteiger charge is -2.34. The first kappa shape index (κ1) is 23.7. The van der Waals surface area contributed by atoms with Crippen molar-refractivity contribution in [1.29, 1.82) is 0 Å². The third-order valence-electron chi connectivity index (χ3n) is 4.77. The molecule has 0 aromatic heterocycles. The summed E-state index contributed by atoms with van der Waals surface area (Å²) < 4.78 is 10.3. The molecule has 31 heavy (non-hydrogen) atoms. The summed E-state index contributed by atoms with van der Waals surface area (Å²) in [6.45, 7) is 0. The maximum absolute atomic E-state index is 11.8. The number of ether oxygens (including phenoxy) is 2. The second-order valence-electron chi connectivity index (χ2n) is 6.73. The molecule has 0 amide bonds. The first-order valence-electron chi connectivity index (χ1n) is 9.69. The van der Waals surface area contributed by atoms with Crippen LogP contribution in [0.3, 0.4) is 0 Å². The number of halogens is 1. The van der Waals surface area contributed by atoms with Gasteiger partial charge in [-0.15, -0.1) is 23.5 Å². The third-order valence-corrected chi connectivity index (χ3v) is 8.79. The average molecular weight is 519 g/mol. The summed E-state index contributed by atoms with van der Waals surface area (Å²) in [6, 6.07) is 14.9. The molecule has 2 aromatic carbocycles. The molecule has 1 aliphatic heterocycles. The van der Waals surface area contributed by atoms with E-state index in [1.807, 2.05) is 66.0 Å². The Balaban J connectivity index is 1.81. The summed E-state index contributed by atoms with van der Waals surface area (Å²) in [5.74, 6) is 1.48. The SMILES string of the molecule is COC(=O)c1ccc(/C(Br)=C/C=C/C2(c3ccc(C(=O)OC)cc3)SCCCS2)cc1. The first-order chi connectivity index (χ1) is 15.0. The van der Waals surface area contributed by atoms with E-state index in [0.717, 1.165) is 27.1 Å². The monoisotopic (exact) mass is 518 g/mol. The summed E-state index contributed by atoms with van der Waals surface area (Å²) in [5, 5.41) is 0. The van der Waals surface area contributed by atoms with E-state index in [2.05, 4.69) is 28.1 Å². The van der Waals surface area contributed by atoms with Gasteiger partial charge in [0.15, 0.2) is 0 Å². The van der Waals surface area contributed by atoms with E-state index in [-0.39, 0.29) is 16.0 Å². The zero-order valence-corrected chi connectivity index (χ0v) is 20.5. The lowest BCUT2D eigenvalue weighted by atomic mass is 10.1. The number of benzene rings is 2. The van der Waals surface area contributed by atoms with Crippen molar-refractivity contribution < 1.29 is 19.1 Å². The molecule has 0 N–H and O–H groups in total. The number of allylic oxidation sites excluding steroid dienone is 2. The fraction of sp³-hybridized carbons (Fsp3) is 0.250. The Hall–Kier alpha value is -1.96. The minimum atomic E-state index is -0.349. The number of hydrogen-bond acceptors (Lipinski definition) is 6. The van der Waals surface area contributed by atoms with Crippen LogP contribution in [0.5, 0.6) is 0 Å². The predicted octanol–water partition coefficient (Wildman–Crippen LogP) is 6.27. The van der Waals surface area contributed by atoms with Gasteiger partial charge < -0.3 is 9.47 Å². The van der Waals surface area contributed by atoms with E-state index in [9.17, 15) is 9.59 Å². The van der Waals surface area contributed by atoms with Gasteiger partial charge in [0.1, 0.15) is 4.08 Å². The summed E-state index contributed by atoms with van der Waals surface area (Å²) in [6.07, 6.45) is 7.45. The van der Waals surface area contributed by atoms with Crippen molar-refractivity contribution in [1.82, 2.24) is 0 Å². The lowest BCUT2D eigenvalue weighted by Crippen LogP contribution is -2.20. The normalized spacial score (nSPS) is 16.2. The topological polar surface area (TPSA) is 52.6 Å². The fourth-order valence-electron chi connectivity index (χ4n) is 3.10. The highest BCUT2D eigenvalue weighted by molar-refractivity contribution is 9.15. The number of methoxy groups -OCH3 is 2. The van der Waals surface area contributed by atoms with E-state index >= 15 is 0 Å². The second kappa shape index (κ2) is 11.1. The highest BCUT2D eigenvalue weighted by Gasteiger charge is 2.33. The van der Waals surface area contributed by atoms with E-state index in [1.54, 1.807) is 12.1 Å². The molecule has 0 radical (unpaired) electrons. The molecule has 0 spiro atoms. The maximum atomic E-state index is 11.8. The Bertz CT molecular complexity index is 976. The van der Waals surface area contributed by atoms with E-state index < -0.39 is 0 Å². The van der Waals surface area contributed by atoms with Gasteiger partial charge in [0, 0.05) is 4.48 Å². The number of hydrogen-bond donors (Lipinski definition) is 0. The van der Waals surface area contributed by atoms with Gasteiger partial charge >= 0.3 is 11.9 Å². The Morgan fingerprint density at radius 3 is 1.87 bits per heavy atom. The van der Waals surface area contributed by atoms with Crippen LogP contribution in [-0.2, 0) is 13.6 Å². The Morgan fingerprint density at radius 1 is 0.871 bits per heavy atom. The van der Waals surface area contributed by atoms with Crippen molar-refractivity contribution in [2.45, 2.75) is 10.5 Å². The lowest BCUT2D eigenvalue weighted by molar-refractivity contribution is 0.0592. The molecule has 7 heteroatoms. The molecular weight excluding hydrogens is 496 g/mol. The Morgan fingerprint density at radius 2 is 1.35 bits per heavy atom. The van der Waals surface area contributed by atoms with Gasteiger partial charge in [0.2, 0.25) is 0 Å². The summed E-state index contributed by atoms with van der Waals surface area (Å²) in [5.41, 5.74) is 3.19. The summed E-state index contributed by atoms with van der Waals surface area (Å²) >= 11 is 7.43. The quantitative estimate of drug-likeness (QED) is 0.331. The molecule has 0 bridgehead atoms. The van der Waals surface area contributed by atoms with Crippen molar-refractivity contribution in [3.05, 3.63) is 89.0 Å². The van der Waals surface area contributed by atoms with E-state index in [0.29, 0.717) is 11.1 Å². The van der Waals surface area contributed by atoms with Crippen LogP contribution in [0.1, 0.15) is 38.3 Å². The van der Waals surface area contributed by atoms with Crippen LogP contribution in [0, 0.1) is 0 Å². The highest BCUT2D eigenvalue weighted by Crippen LogP contribution is 2.51. The molecule has 0 aliphatic carbocycles. The number of thioether (sulfide) groups is 2. The summed E-state index contributed by atoms with van der Waals surface area (Å²) in [7, 11) is 2.76. The predicted molar refractivity (Wildman–Crippen MR) is 133 cm³/mol. The summed E-state index contributed by atoms with van der Waals surface area (Å²) in [4.78, 5) is 23.4. The third kappa shape index (κ3) is 5.84. The zero-order valence-electron chi connectivity index (χ0n) is 17.3. The van der Waals surface area contributed by atoms with Crippen LogP contribution in [-0.4, -0.2) is 37.7 Å². The van der Waals surface area contributed by atoms with Crippen LogP contribution in [0.25, 0.3) is 4.48 Å². The molecule has 0 saturated carbocycles. The molecule has 0 unspecified atom stereocenters.